The van der Waals surface area contributed by atoms with Gasteiger partial charge in [0.2, 0.25) is 0 Å². The SMILES string of the molecule is CCCCc1ccc2oc3cc(C4CCCCC4)c(-n4c5[n+](c6ccccc64)C(C)(CC)C(C)(CC)c4ccccc4-5)c(C4CCCCC4)c3c2c1. The van der Waals surface area contributed by atoms with Crippen molar-refractivity contribution in [2.45, 2.75) is 154 Å². The van der Waals surface area contributed by atoms with E-state index in [0.717, 1.165) is 30.4 Å². The molecule has 2 aliphatic carbocycles. The van der Waals surface area contributed by atoms with Crippen molar-refractivity contribution in [3.8, 4) is 17.1 Å². The minimum Gasteiger partial charge on any atom is -0.456 e. The van der Waals surface area contributed by atoms with Crippen molar-refractivity contribution >= 4 is 33.0 Å². The van der Waals surface area contributed by atoms with Crippen LogP contribution in [0.4, 0.5) is 0 Å². The molecule has 3 aliphatic rings. The summed E-state index contributed by atoms with van der Waals surface area (Å²) in [5.74, 6) is 2.41. The lowest BCUT2D eigenvalue weighted by atomic mass is 9.61. The summed E-state index contributed by atoms with van der Waals surface area (Å²) in [7, 11) is 0. The van der Waals surface area contributed by atoms with Crippen LogP contribution in [0.15, 0.2) is 77.2 Å². The Bertz CT molecular complexity index is 2270. The molecule has 2 aromatic heterocycles. The van der Waals surface area contributed by atoms with E-state index in [1.165, 1.54) is 133 Å². The Hall–Kier alpha value is -3.85. The fourth-order valence-electron chi connectivity index (χ4n) is 11.3. The quantitative estimate of drug-likeness (QED) is 0.146. The number of benzene rings is 4. The van der Waals surface area contributed by atoms with Crippen molar-refractivity contribution in [1.29, 1.82) is 0 Å². The van der Waals surface area contributed by atoms with E-state index in [1.807, 2.05) is 0 Å². The van der Waals surface area contributed by atoms with Gasteiger partial charge >= 0.3 is 0 Å². The first-order valence-corrected chi connectivity index (χ1v) is 21.1. The summed E-state index contributed by atoms with van der Waals surface area (Å²) in [6, 6.07) is 28.5. The summed E-state index contributed by atoms with van der Waals surface area (Å²) in [4.78, 5) is 0. The van der Waals surface area contributed by atoms with Crippen molar-refractivity contribution in [3.05, 3.63) is 95.1 Å². The van der Waals surface area contributed by atoms with Gasteiger partial charge in [-0.05, 0) is 118 Å². The monoisotopic (exact) mass is 691 g/mol. The van der Waals surface area contributed by atoms with E-state index >= 15 is 0 Å². The molecule has 0 radical (unpaired) electrons. The Morgan fingerprint density at radius 1 is 0.750 bits per heavy atom. The average molecular weight is 692 g/mol. The van der Waals surface area contributed by atoms with E-state index in [2.05, 4.69) is 117 Å². The second-order valence-electron chi connectivity index (χ2n) is 17.1. The molecule has 4 aromatic carbocycles. The molecule has 2 unspecified atom stereocenters. The second kappa shape index (κ2) is 13.2. The van der Waals surface area contributed by atoms with Crippen molar-refractivity contribution in [2.75, 3.05) is 0 Å². The Balaban J connectivity index is 1.48. The van der Waals surface area contributed by atoms with E-state index in [0.29, 0.717) is 11.8 Å². The molecule has 0 spiro atoms. The predicted molar refractivity (Wildman–Crippen MR) is 218 cm³/mol. The first-order valence-electron chi connectivity index (χ1n) is 21.1. The van der Waals surface area contributed by atoms with Crippen LogP contribution in [-0.4, -0.2) is 4.57 Å². The van der Waals surface area contributed by atoms with Crippen LogP contribution in [0.2, 0.25) is 0 Å². The van der Waals surface area contributed by atoms with Crippen LogP contribution in [0.5, 0.6) is 0 Å². The third-order valence-corrected chi connectivity index (χ3v) is 14.6. The number of imidazole rings is 1. The molecule has 2 saturated carbocycles. The van der Waals surface area contributed by atoms with Gasteiger partial charge < -0.3 is 4.42 Å². The van der Waals surface area contributed by atoms with Crippen molar-refractivity contribution in [2.24, 2.45) is 0 Å². The largest absolute Gasteiger partial charge is 0.456 e. The summed E-state index contributed by atoms with van der Waals surface area (Å²) in [5, 5.41) is 2.73. The van der Waals surface area contributed by atoms with Crippen LogP contribution in [0.25, 0.3) is 50.0 Å². The van der Waals surface area contributed by atoms with Gasteiger partial charge in [-0.1, -0.05) is 109 Å². The fraction of sp³-hybridized carbons (Fsp3) is 0.490. The van der Waals surface area contributed by atoms with Gasteiger partial charge in [0.05, 0.1) is 5.56 Å². The number of nitrogens with zero attached hydrogens (tertiary/aromatic N) is 2. The zero-order valence-corrected chi connectivity index (χ0v) is 32.5. The molecule has 0 amide bonds. The molecule has 270 valence electrons. The van der Waals surface area contributed by atoms with Crippen molar-refractivity contribution in [3.63, 3.8) is 0 Å². The van der Waals surface area contributed by atoms with Crippen molar-refractivity contribution in [1.82, 2.24) is 4.57 Å². The lowest BCUT2D eigenvalue weighted by Crippen LogP contribution is -2.67. The van der Waals surface area contributed by atoms with Crippen LogP contribution in [0.1, 0.15) is 159 Å². The Kier molecular flexibility index (Phi) is 8.63. The normalized spacial score (nSPS) is 22.7. The molecule has 3 heteroatoms. The van der Waals surface area contributed by atoms with E-state index in [-0.39, 0.29) is 11.0 Å². The first kappa shape index (κ1) is 34.0. The molecule has 2 fully saturated rings. The number of unbranched alkanes of at least 4 members (excludes halogenated alkanes) is 1. The highest BCUT2D eigenvalue weighted by Crippen LogP contribution is 2.54. The molecule has 6 aromatic rings. The molecule has 0 N–H and O–H groups in total. The number of aromatic nitrogens is 2. The Morgan fingerprint density at radius 2 is 1.46 bits per heavy atom. The lowest BCUT2D eigenvalue weighted by molar-refractivity contribution is -0.743. The van der Waals surface area contributed by atoms with Gasteiger partial charge in [-0.2, -0.15) is 4.57 Å². The molecule has 0 saturated heterocycles. The van der Waals surface area contributed by atoms with Crippen LogP contribution in [-0.2, 0) is 17.4 Å². The van der Waals surface area contributed by atoms with Crippen LogP contribution < -0.4 is 4.57 Å². The van der Waals surface area contributed by atoms with Gasteiger partial charge in [-0.15, -0.1) is 0 Å². The zero-order chi connectivity index (χ0) is 35.6. The fourth-order valence-corrected chi connectivity index (χ4v) is 11.3. The molecule has 52 heavy (non-hydrogen) atoms. The highest BCUT2D eigenvalue weighted by atomic mass is 16.3. The van der Waals surface area contributed by atoms with Crippen LogP contribution >= 0.6 is 0 Å². The van der Waals surface area contributed by atoms with Crippen LogP contribution in [0, 0.1) is 0 Å². The minimum atomic E-state index is -0.104. The molecule has 2 atom stereocenters. The predicted octanol–water partition coefficient (Wildman–Crippen LogP) is 13.7. The lowest BCUT2D eigenvalue weighted by Gasteiger charge is -2.48. The highest BCUT2D eigenvalue weighted by Gasteiger charge is 2.56. The van der Waals surface area contributed by atoms with Gasteiger partial charge in [0.25, 0.3) is 5.82 Å². The Labute approximate surface area is 311 Å². The number of hydrogen-bond acceptors (Lipinski definition) is 1. The molecular formula is C49H59N2O+. The second-order valence-corrected chi connectivity index (χ2v) is 17.1. The standard InChI is InChI=1S/C49H59N2O/c1-6-9-20-33-29-30-42-38(31-33)45-43(52-42)32-37(34-21-12-10-13-22-34)46(44(45)35-23-14-11-15-24-35)50-40-27-18-19-28-41(40)51-47(50)36-25-16-17-26-39(36)48(4,7-2)49(51,5)8-3/h16-19,25-32,34-35H,6-15,20-24H2,1-5H3/q+1. The molecule has 9 rings (SSSR count). The average Bonchev–Trinajstić information content (AvgIpc) is 3.75. The summed E-state index contributed by atoms with van der Waals surface area (Å²) in [6.45, 7) is 12.2. The van der Waals surface area contributed by atoms with Gasteiger partial charge in [0, 0.05) is 27.3 Å². The maximum Gasteiger partial charge on any atom is 0.295 e. The maximum atomic E-state index is 6.98. The first-order chi connectivity index (χ1) is 25.4. The number of aryl methyl sites for hydroxylation is 1. The molecule has 1 aliphatic heterocycles. The highest BCUT2D eigenvalue weighted by molar-refractivity contribution is 6.09. The number of para-hydroxylation sites is 2. The van der Waals surface area contributed by atoms with Crippen molar-refractivity contribution < 1.29 is 8.98 Å². The van der Waals surface area contributed by atoms with E-state index in [1.54, 1.807) is 5.56 Å². The van der Waals surface area contributed by atoms with E-state index in [9.17, 15) is 0 Å². The Morgan fingerprint density at radius 3 is 2.19 bits per heavy atom. The number of hydrogen-bond donors (Lipinski definition) is 0. The van der Waals surface area contributed by atoms with Gasteiger partial charge in [0.1, 0.15) is 22.4 Å². The zero-order valence-electron chi connectivity index (χ0n) is 32.5. The molecule has 3 heterocycles. The minimum absolute atomic E-state index is 0.0109. The van der Waals surface area contributed by atoms with Crippen LogP contribution in [0.3, 0.4) is 0 Å². The number of fused-ring (bicyclic) bond motifs is 8. The molecule has 3 nitrogen and oxygen atoms in total. The number of rotatable bonds is 8. The van der Waals surface area contributed by atoms with E-state index < -0.39 is 0 Å². The third kappa shape index (κ3) is 4.93. The molecule has 0 bridgehead atoms. The van der Waals surface area contributed by atoms with Gasteiger partial charge in [0.15, 0.2) is 11.0 Å². The summed E-state index contributed by atoms with van der Waals surface area (Å²) in [6.07, 6.45) is 18.7. The smallest absolute Gasteiger partial charge is 0.295 e. The maximum absolute atomic E-state index is 6.98. The third-order valence-electron chi connectivity index (χ3n) is 14.6. The molecular weight excluding hydrogens is 633 g/mol. The summed E-state index contributed by atoms with van der Waals surface area (Å²) >= 11 is 0. The van der Waals surface area contributed by atoms with E-state index in [4.69, 9.17) is 4.42 Å². The van der Waals surface area contributed by atoms with Gasteiger partial charge in [-0.3, -0.25) is 0 Å². The summed E-state index contributed by atoms with van der Waals surface area (Å²) in [5.41, 5.74) is 13.7. The number of furan rings is 1. The summed E-state index contributed by atoms with van der Waals surface area (Å²) < 4.78 is 12.6. The van der Waals surface area contributed by atoms with Gasteiger partial charge in [-0.25, -0.2) is 4.57 Å². The topological polar surface area (TPSA) is 21.9 Å².